The summed E-state index contributed by atoms with van der Waals surface area (Å²) in [6.07, 6.45) is 0. The fourth-order valence-corrected chi connectivity index (χ4v) is 1.82. The van der Waals surface area contributed by atoms with E-state index in [9.17, 15) is 0 Å². The summed E-state index contributed by atoms with van der Waals surface area (Å²) < 4.78 is 5.15. The lowest BCUT2D eigenvalue weighted by atomic mass is 9.77. The lowest BCUT2D eigenvalue weighted by Crippen LogP contribution is -2.68. The van der Waals surface area contributed by atoms with Crippen molar-refractivity contribution >= 4 is 0 Å². The summed E-state index contributed by atoms with van der Waals surface area (Å²) in [4.78, 5) is 2.31. The van der Waals surface area contributed by atoms with E-state index >= 15 is 0 Å². The van der Waals surface area contributed by atoms with Gasteiger partial charge in [-0.1, -0.05) is 0 Å². The molecule has 1 N–H and O–H groups in total. The van der Waals surface area contributed by atoms with Crippen LogP contribution in [0.25, 0.3) is 0 Å². The van der Waals surface area contributed by atoms with E-state index in [1.807, 2.05) is 0 Å². The van der Waals surface area contributed by atoms with Gasteiger partial charge in [-0.15, -0.1) is 0 Å². The molecule has 11 heavy (non-hydrogen) atoms. The normalized spacial score (nSPS) is 31.1. The molecule has 2 heterocycles. The summed E-state index contributed by atoms with van der Waals surface area (Å²) in [6, 6.07) is 0.334. The zero-order chi connectivity index (χ0) is 7.90. The van der Waals surface area contributed by atoms with Gasteiger partial charge in [0.1, 0.15) is 0 Å². The lowest BCUT2D eigenvalue weighted by molar-refractivity contribution is -0.199. The van der Waals surface area contributed by atoms with Crippen molar-refractivity contribution in [3.63, 3.8) is 0 Å². The van der Waals surface area contributed by atoms with Gasteiger partial charge in [0.2, 0.25) is 0 Å². The first-order chi connectivity index (χ1) is 5.26. The van der Waals surface area contributed by atoms with Crippen LogP contribution in [-0.2, 0) is 4.74 Å². The van der Waals surface area contributed by atoms with E-state index in [0.717, 1.165) is 26.3 Å². The molecule has 0 aromatic carbocycles. The second-order valence-electron chi connectivity index (χ2n) is 3.93. The summed E-state index contributed by atoms with van der Waals surface area (Å²) in [7, 11) is 0. The Bertz CT molecular complexity index is 148. The highest BCUT2D eigenvalue weighted by Gasteiger charge is 2.49. The van der Waals surface area contributed by atoms with E-state index < -0.39 is 0 Å². The van der Waals surface area contributed by atoms with Crippen LogP contribution >= 0.6 is 0 Å². The molecule has 1 atom stereocenters. The summed E-state index contributed by atoms with van der Waals surface area (Å²) in [5.74, 6) is 0. The molecular formula is C8H15NO2. The first-order valence-electron chi connectivity index (χ1n) is 4.18. The average Bonchev–Trinajstić information content (AvgIpc) is 1.81. The third-order valence-corrected chi connectivity index (χ3v) is 2.78. The standard InChI is InChI=1S/C8H15NO2/c1-7(2-10)9-3-8(4-9)5-11-6-8/h7,10H,2-6H2,1H3/t7-/m1/s1. The number of nitrogens with zero attached hydrogens (tertiary/aromatic N) is 1. The average molecular weight is 157 g/mol. The van der Waals surface area contributed by atoms with Crippen LogP contribution in [0.15, 0.2) is 0 Å². The van der Waals surface area contributed by atoms with E-state index in [1.54, 1.807) is 0 Å². The second kappa shape index (κ2) is 2.44. The van der Waals surface area contributed by atoms with Crippen molar-refractivity contribution in [3.8, 4) is 0 Å². The van der Waals surface area contributed by atoms with E-state index in [-0.39, 0.29) is 6.61 Å². The molecule has 0 radical (unpaired) electrons. The Labute approximate surface area is 66.9 Å². The number of aliphatic hydroxyl groups is 1. The molecule has 2 fully saturated rings. The third-order valence-electron chi connectivity index (χ3n) is 2.78. The maximum Gasteiger partial charge on any atom is 0.0584 e. The van der Waals surface area contributed by atoms with Crippen molar-refractivity contribution in [2.75, 3.05) is 32.9 Å². The first-order valence-corrected chi connectivity index (χ1v) is 4.18. The fraction of sp³-hybridized carbons (Fsp3) is 1.00. The van der Waals surface area contributed by atoms with E-state index in [2.05, 4.69) is 11.8 Å². The monoisotopic (exact) mass is 157 g/mol. The highest BCUT2D eigenvalue weighted by Crippen LogP contribution is 2.38. The van der Waals surface area contributed by atoms with Crippen molar-refractivity contribution in [2.45, 2.75) is 13.0 Å². The highest BCUT2D eigenvalue weighted by molar-refractivity contribution is 5.00. The molecule has 3 heteroatoms. The van der Waals surface area contributed by atoms with Crippen LogP contribution < -0.4 is 0 Å². The van der Waals surface area contributed by atoms with Gasteiger partial charge in [0.25, 0.3) is 0 Å². The molecule has 2 aliphatic rings. The zero-order valence-electron chi connectivity index (χ0n) is 6.92. The maximum atomic E-state index is 8.86. The van der Waals surface area contributed by atoms with Crippen molar-refractivity contribution in [1.82, 2.24) is 4.90 Å². The molecular weight excluding hydrogens is 142 g/mol. The molecule has 0 saturated carbocycles. The Morgan fingerprint density at radius 3 is 2.55 bits per heavy atom. The van der Waals surface area contributed by atoms with Gasteiger partial charge in [0, 0.05) is 24.5 Å². The Balaban J connectivity index is 1.78. The quantitative estimate of drug-likeness (QED) is 0.597. The molecule has 64 valence electrons. The minimum atomic E-state index is 0.275. The van der Waals surface area contributed by atoms with E-state index in [4.69, 9.17) is 9.84 Å². The van der Waals surface area contributed by atoms with Crippen LogP contribution in [-0.4, -0.2) is 49.0 Å². The van der Waals surface area contributed by atoms with Gasteiger partial charge in [-0.2, -0.15) is 0 Å². The number of hydrogen-bond donors (Lipinski definition) is 1. The van der Waals surface area contributed by atoms with Gasteiger partial charge < -0.3 is 9.84 Å². The topological polar surface area (TPSA) is 32.7 Å². The van der Waals surface area contributed by atoms with Gasteiger partial charge in [0.15, 0.2) is 0 Å². The molecule has 0 bridgehead atoms. The molecule has 2 rings (SSSR count). The summed E-state index contributed by atoms with van der Waals surface area (Å²) in [5.41, 5.74) is 0.490. The molecule has 2 aliphatic heterocycles. The summed E-state index contributed by atoms with van der Waals surface area (Å²) >= 11 is 0. The van der Waals surface area contributed by atoms with E-state index in [0.29, 0.717) is 11.5 Å². The molecule has 1 spiro atoms. The Morgan fingerprint density at radius 1 is 1.55 bits per heavy atom. The lowest BCUT2D eigenvalue weighted by Gasteiger charge is -2.56. The molecule has 0 aliphatic carbocycles. The number of ether oxygens (including phenoxy) is 1. The largest absolute Gasteiger partial charge is 0.395 e. The van der Waals surface area contributed by atoms with Crippen LogP contribution in [0.4, 0.5) is 0 Å². The smallest absolute Gasteiger partial charge is 0.0584 e. The van der Waals surface area contributed by atoms with Crippen LogP contribution in [0.5, 0.6) is 0 Å². The Morgan fingerprint density at radius 2 is 2.18 bits per heavy atom. The number of hydrogen-bond acceptors (Lipinski definition) is 3. The SMILES string of the molecule is C[C@H](CO)N1CC2(COC2)C1. The molecule has 0 unspecified atom stereocenters. The van der Waals surface area contributed by atoms with Gasteiger partial charge >= 0.3 is 0 Å². The van der Waals surface area contributed by atoms with Gasteiger partial charge in [-0.05, 0) is 6.92 Å². The third kappa shape index (κ3) is 1.08. The second-order valence-corrected chi connectivity index (χ2v) is 3.93. The predicted molar refractivity (Wildman–Crippen MR) is 41.4 cm³/mol. The zero-order valence-corrected chi connectivity index (χ0v) is 6.92. The van der Waals surface area contributed by atoms with E-state index in [1.165, 1.54) is 0 Å². The number of rotatable bonds is 2. The predicted octanol–water partition coefficient (Wildman–Crippen LogP) is -0.301. The molecule has 2 saturated heterocycles. The Kier molecular flexibility index (Phi) is 1.67. The van der Waals surface area contributed by atoms with Gasteiger partial charge in [0.05, 0.1) is 19.8 Å². The van der Waals surface area contributed by atoms with Crippen molar-refractivity contribution in [3.05, 3.63) is 0 Å². The molecule has 3 nitrogen and oxygen atoms in total. The van der Waals surface area contributed by atoms with Crippen molar-refractivity contribution in [2.24, 2.45) is 5.41 Å². The minimum Gasteiger partial charge on any atom is -0.395 e. The van der Waals surface area contributed by atoms with Crippen LogP contribution in [0.1, 0.15) is 6.92 Å². The van der Waals surface area contributed by atoms with Crippen LogP contribution in [0, 0.1) is 5.41 Å². The Hall–Kier alpha value is -0.120. The van der Waals surface area contributed by atoms with Crippen molar-refractivity contribution in [1.29, 1.82) is 0 Å². The van der Waals surface area contributed by atoms with Gasteiger partial charge in [-0.25, -0.2) is 0 Å². The number of aliphatic hydroxyl groups excluding tert-OH is 1. The molecule has 0 aromatic rings. The van der Waals surface area contributed by atoms with Crippen LogP contribution in [0.3, 0.4) is 0 Å². The summed E-state index contributed by atoms with van der Waals surface area (Å²) in [5, 5.41) is 8.86. The first kappa shape index (κ1) is 7.53. The number of likely N-dealkylation sites (tertiary alicyclic amines) is 1. The highest BCUT2D eigenvalue weighted by atomic mass is 16.5. The molecule has 0 amide bonds. The summed E-state index contributed by atoms with van der Waals surface area (Å²) in [6.45, 7) is 6.44. The van der Waals surface area contributed by atoms with Crippen LogP contribution in [0.2, 0.25) is 0 Å². The molecule has 0 aromatic heterocycles. The fourth-order valence-electron chi connectivity index (χ4n) is 1.82. The van der Waals surface area contributed by atoms with Crippen molar-refractivity contribution < 1.29 is 9.84 Å². The maximum absolute atomic E-state index is 8.86. The minimum absolute atomic E-state index is 0.275. The van der Waals surface area contributed by atoms with Gasteiger partial charge in [-0.3, -0.25) is 4.90 Å².